The van der Waals surface area contributed by atoms with E-state index in [4.69, 9.17) is 4.74 Å². The maximum Gasteiger partial charge on any atom is 1.00 e. The third-order valence-electron chi connectivity index (χ3n) is 4.85. The first-order valence-corrected chi connectivity index (χ1v) is 10.1. The number of allylic oxidation sites excluding steroid dienone is 2. The topological polar surface area (TPSA) is 26.3 Å². The molecule has 0 N–H and O–H groups in total. The molecule has 1 fully saturated rings. The molecule has 0 spiro atoms. The third-order valence-corrected chi connectivity index (χ3v) is 4.85. The quantitative estimate of drug-likeness (QED) is 0.296. The van der Waals surface area contributed by atoms with Crippen molar-refractivity contribution in [2.24, 2.45) is 0 Å². The second-order valence-electron chi connectivity index (χ2n) is 7.22. The van der Waals surface area contributed by atoms with Crippen LogP contribution >= 0.6 is 0 Å². The molecule has 1 aliphatic rings. The van der Waals surface area contributed by atoms with Crippen molar-refractivity contribution in [1.82, 2.24) is 0 Å². The van der Waals surface area contributed by atoms with E-state index in [0.29, 0.717) is 5.75 Å². The van der Waals surface area contributed by atoms with E-state index in [1.165, 1.54) is 36.8 Å². The van der Waals surface area contributed by atoms with Crippen LogP contribution < -0.4 is 56.1 Å². The molecular formula is C27H34KO2-. The smallest absolute Gasteiger partial charge is 0.452 e. The first-order valence-electron chi connectivity index (χ1n) is 10.1. The van der Waals surface area contributed by atoms with E-state index in [9.17, 15) is 4.79 Å². The largest absolute Gasteiger partial charge is 1.00 e. The van der Waals surface area contributed by atoms with Crippen LogP contribution in [0.25, 0.3) is 11.1 Å². The second-order valence-corrected chi connectivity index (χ2v) is 7.22. The number of hydrogen-bond acceptors (Lipinski definition) is 2. The average Bonchev–Trinajstić information content (AvgIpc) is 2.72. The zero-order valence-corrected chi connectivity index (χ0v) is 22.3. The van der Waals surface area contributed by atoms with Gasteiger partial charge in [0.15, 0.2) is 5.97 Å². The fourth-order valence-corrected chi connectivity index (χ4v) is 3.05. The monoisotopic (exact) mass is 429 g/mol. The van der Waals surface area contributed by atoms with Crippen molar-refractivity contribution in [3.63, 3.8) is 0 Å². The molecule has 0 saturated heterocycles. The maximum atomic E-state index is 11.8. The summed E-state index contributed by atoms with van der Waals surface area (Å²) in [6, 6.07) is 17.7. The van der Waals surface area contributed by atoms with Gasteiger partial charge < -0.3 is 12.2 Å². The van der Waals surface area contributed by atoms with E-state index in [0.717, 1.165) is 29.9 Å². The Morgan fingerprint density at radius 2 is 1.43 bits per heavy atom. The molecule has 1 aliphatic carbocycles. The molecule has 3 heteroatoms. The minimum absolute atomic E-state index is 0. The molecule has 0 bridgehead atoms. The van der Waals surface area contributed by atoms with E-state index >= 15 is 0 Å². The predicted octanol–water partition coefficient (Wildman–Crippen LogP) is 4.78. The number of hydrogen-bond donors (Lipinski definition) is 0. The van der Waals surface area contributed by atoms with Gasteiger partial charge in [0.1, 0.15) is 5.75 Å². The summed E-state index contributed by atoms with van der Waals surface area (Å²) in [5.74, 6) is 1.11. The van der Waals surface area contributed by atoms with Crippen LogP contribution in [0, 0.1) is 13.3 Å². The standard InChI is InChI=1S/C18H19O2.C8H12.CH3.K/c1-3-7-14(2)18(19)20-17-12-10-16(11-13-17)15-8-5-4-6-9-15;1-7-5-3-4-6-8(7)2;;/h4-6,8-13H,3,7H2,1-2H3;1-6H2;1H3;/q-1;;-1;+1. The molecule has 0 aromatic heterocycles. The molecule has 30 heavy (non-hydrogen) atoms. The fourth-order valence-electron chi connectivity index (χ4n) is 3.05. The number of esters is 1. The van der Waals surface area contributed by atoms with Crippen LogP contribution in [0.2, 0.25) is 0 Å². The van der Waals surface area contributed by atoms with Gasteiger partial charge in [0.05, 0.1) is 0 Å². The molecule has 0 atom stereocenters. The fraction of sp³-hybridized carbons (Fsp3) is 0.296. The van der Waals surface area contributed by atoms with Gasteiger partial charge in [0.25, 0.3) is 0 Å². The van der Waals surface area contributed by atoms with Gasteiger partial charge in [-0.1, -0.05) is 80.1 Å². The van der Waals surface area contributed by atoms with E-state index < -0.39 is 0 Å². The van der Waals surface area contributed by atoms with E-state index in [-0.39, 0.29) is 64.8 Å². The summed E-state index contributed by atoms with van der Waals surface area (Å²) in [5.41, 5.74) is 4.81. The Labute approximate surface area is 226 Å². The average molecular weight is 430 g/mol. The molecule has 0 heterocycles. The first kappa shape index (κ1) is 28.9. The van der Waals surface area contributed by atoms with Crippen LogP contribution in [-0.4, -0.2) is 5.97 Å². The molecule has 0 aliphatic heterocycles. The van der Waals surface area contributed by atoms with Crippen molar-refractivity contribution in [1.29, 1.82) is 0 Å². The van der Waals surface area contributed by atoms with Crippen molar-refractivity contribution >= 4 is 5.97 Å². The van der Waals surface area contributed by atoms with Crippen molar-refractivity contribution in [2.45, 2.75) is 52.4 Å². The van der Waals surface area contributed by atoms with Crippen molar-refractivity contribution in [3.05, 3.63) is 92.2 Å². The van der Waals surface area contributed by atoms with Crippen LogP contribution in [0.3, 0.4) is 0 Å². The Morgan fingerprint density at radius 3 is 1.90 bits per heavy atom. The number of carbonyl (C=O) groups excluding carboxylic acids is 1. The summed E-state index contributed by atoms with van der Waals surface area (Å²) in [4.78, 5) is 11.8. The number of rotatable bonds is 5. The summed E-state index contributed by atoms with van der Waals surface area (Å²) < 4.78 is 5.34. The zero-order chi connectivity index (χ0) is 20.4. The molecule has 0 amide bonds. The van der Waals surface area contributed by atoms with Crippen LogP contribution in [0.15, 0.2) is 78.9 Å². The maximum absolute atomic E-state index is 11.8. The van der Waals surface area contributed by atoms with Gasteiger partial charge in [-0.15, -0.1) is 0 Å². The summed E-state index contributed by atoms with van der Waals surface area (Å²) in [7, 11) is 0. The summed E-state index contributed by atoms with van der Waals surface area (Å²) in [6.45, 7) is 11.7. The Kier molecular flexibility index (Phi) is 15.1. The molecule has 3 rings (SSSR count). The molecule has 2 aromatic carbocycles. The van der Waals surface area contributed by atoms with Crippen molar-refractivity contribution in [2.75, 3.05) is 0 Å². The van der Waals surface area contributed by atoms with Crippen LogP contribution in [0.4, 0.5) is 0 Å². The first-order chi connectivity index (χ1) is 13.5. The molecule has 156 valence electrons. The summed E-state index contributed by atoms with van der Waals surface area (Å²) in [6.07, 6.45) is 6.72. The molecule has 0 radical (unpaired) electrons. The van der Waals surface area contributed by atoms with Gasteiger partial charge in [-0.05, 0) is 48.9 Å². The normalized spacial score (nSPS) is 12.5. The third kappa shape index (κ3) is 9.80. The molecule has 1 saturated carbocycles. The molecule has 0 unspecified atom stereocenters. The van der Waals surface area contributed by atoms with Crippen LogP contribution in [0.5, 0.6) is 5.75 Å². The van der Waals surface area contributed by atoms with Gasteiger partial charge in [-0.2, -0.15) is 13.3 Å². The minimum Gasteiger partial charge on any atom is -0.452 e. The van der Waals surface area contributed by atoms with E-state index in [2.05, 4.69) is 25.3 Å². The van der Waals surface area contributed by atoms with Crippen LogP contribution in [-0.2, 0) is 4.79 Å². The van der Waals surface area contributed by atoms with Gasteiger partial charge in [-0.25, -0.2) is 0 Å². The second kappa shape index (κ2) is 15.7. The summed E-state index contributed by atoms with van der Waals surface area (Å²) in [5, 5.41) is 0. The van der Waals surface area contributed by atoms with E-state index in [1.54, 1.807) is 0 Å². The van der Waals surface area contributed by atoms with Crippen molar-refractivity contribution < 1.29 is 60.9 Å². The number of carbonyl (C=O) groups is 1. The molecule has 2 aromatic rings. The summed E-state index contributed by atoms with van der Waals surface area (Å²) >= 11 is 0. The molecular weight excluding hydrogens is 395 g/mol. The van der Waals surface area contributed by atoms with Gasteiger partial charge in [0.2, 0.25) is 0 Å². The minimum atomic E-state index is -0.237. The van der Waals surface area contributed by atoms with Crippen molar-refractivity contribution in [3.8, 4) is 16.9 Å². The molecule has 2 nitrogen and oxygen atoms in total. The Hall–Kier alpha value is -1.10. The van der Waals surface area contributed by atoms with Crippen LogP contribution in [0.1, 0.15) is 52.4 Å². The Morgan fingerprint density at radius 1 is 0.933 bits per heavy atom. The SMILES string of the molecule is C=C1CCCCC1=C.CCC[C-](C)C(=O)Oc1ccc(-c2ccccc2)cc1.[CH3-].[K+]. The van der Waals surface area contributed by atoms with E-state index in [1.807, 2.05) is 56.3 Å². The van der Waals surface area contributed by atoms with Gasteiger partial charge in [-0.3, -0.25) is 10.7 Å². The van der Waals surface area contributed by atoms with Gasteiger partial charge in [0, 0.05) is 0 Å². The predicted molar refractivity (Wildman–Crippen MR) is 125 cm³/mol. The Bertz CT molecular complexity index is 762. The van der Waals surface area contributed by atoms with Gasteiger partial charge >= 0.3 is 51.4 Å². The number of ether oxygens (including phenoxy) is 1. The Balaban J connectivity index is 0.000000714. The number of benzene rings is 2. The zero-order valence-electron chi connectivity index (χ0n) is 19.2.